The first-order chi connectivity index (χ1) is 8.13. The molecule has 4 heteroatoms. The number of aryl methyl sites for hydroxylation is 1. The summed E-state index contributed by atoms with van der Waals surface area (Å²) in [4.78, 5) is 22.8. The van der Waals surface area contributed by atoms with Gasteiger partial charge in [0.15, 0.2) is 5.78 Å². The molecular formula is C13H16O3S. The number of ketones is 1. The molecule has 0 aliphatic carbocycles. The molecule has 1 aromatic carbocycles. The van der Waals surface area contributed by atoms with Crippen molar-refractivity contribution >= 4 is 23.5 Å². The second-order valence-corrected chi connectivity index (χ2v) is 4.57. The lowest BCUT2D eigenvalue weighted by molar-refractivity contribution is -0.139. The third kappa shape index (κ3) is 5.04. The molecule has 0 heterocycles. The molecule has 0 bridgehead atoms. The van der Waals surface area contributed by atoms with Gasteiger partial charge in [-0.2, -0.15) is 0 Å². The van der Waals surface area contributed by atoms with Crippen LogP contribution in [-0.4, -0.2) is 29.9 Å². The SMILES string of the molecule is CCOC(=O)CSCC(=O)c1ccc(C)cc1. The molecule has 3 nitrogen and oxygen atoms in total. The minimum atomic E-state index is -0.269. The van der Waals surface area contributed by atoms with E-state index in [2.05, 4.69) is 0 Å². The number of carbonyl (C=O) groups excluding carboxylic acids is 2. The fraction of sp³-hybridized carbons (Fsp3) is 0.385. The quantitative estimate of drug-likeness (QED) is 0.576. The Bertz CT molecular complexity index is 384. The van der Waals surface area contributed by atoms with Gasteiger partial charge in [-0.15, -0.1) is 11.8 Å². The predicted molar refractivity (Wildman–Crippen MR) is 69.5 cm³/mol. The van der Waals surface area contributed by atoms with E-state index in [0.717, 1.165) is 5.56 Å². The van der Waals surface area contributed by atoms with Crippen molar-refractivity contribution in [2.45, 2.75) is 13.8 Å². The molecule has 1 rings (SSSR count). The van der Waals surface area contributed by atoms with E-state index in [4.69, 9.17) is 4.74 Å². The molecule has 0 saturated carbocycles. The normalized spacial score (nSPS) is 10.0. The van der Waals surface area contributed by atoms with Crippen molar-refractivity contribution < 1.29 is 14.3 Å². The topological polar surface area (TPSA) is 43.4 Å². The van der Waals surface area contributed by atoms with Gasteiger partial charge in [-0.3, -0.25) is 9.59 Å². The zero-order valence-electron chi connectivity index (χ0n) is 10.1. The van der Waals surface area contributed by atoms with Gasteiger partial charge in [0.2, 0.25) is 0 Å². The largest absolute Gasteiger partial charge is 0.465 e. The fourth-order valence-corrected chi connectivity index (χ4v) is 1.96. The van der Waals surface area contributed by atoms with E-state index in [9.17, 15) is 9.59 Å². The Morgan fingerprint density at radius 1 is 1.18 bits per heavy atom. The van der Waals surface area contributed by atoms with Crippen molar-refractivity contribution in [3.63, 3.8) is 0 Å². The Morgan fingerprint density at radius 2 is 1.82 bits per heavy atom. The third-order valence-corrected chi connectivity index (χ3v) is 3.04. The van der Waals surface area contributed by atoms with E-state index < -0.39 is 0 Å². The van der Waals surface area contributed by atoms with Gasteiger partial charge in [0.1, 0.15) is 0 Å². The standard InChI is InChI=1S/C13H16O3S/c1-3-16-13(15)9-17-8-12(14)11-6-4-10(2)5-7-11/h4-7H,3,8-9H2,1-2H3. The maximum absolute atomic E-state index is 11.7. The molecule has 17 heavy (non-hydrogen) atoms. The average molecular weight is 252 g/mol. The molecule has 1 aromatic rings. The summed E-state index contributed by atoms with van der Waals surface area (Å²) in [6.07, 6.45) is 0. The molecule has 0 amide bonds. The minimum absolute atomic E-state index is 0.0410. The number of rotatable bonds is 6. The van der Waals surface area contributed by atoms with Crippen LogP contribution in [0.15, 0.2) is 24.3 Å². The summed E-state index contributed by atoms with van der Waals surface area (Å²) in [7, 11) is 0. The maximum Gasteiger partial charge on any atom is 0.315 e. The number of Topliss-reactive ketones (excluding diaryl/α,β-unsaturated/α-hetero) is 1. The van der Waals surface area contributed by atoms with Crippen molar-refractivity contribution in [3.8, 4) is 0 Å². The van der Waals surface area contributed by atoms with E-state index in [0.29, 0.717) is 17.9 Å². The molecule has 0 aromatic heterocycles. The van der Waals surface area contributed by atoms with Crippen LogP contribution < -0.4 is 0 Å². The van der Waals surface area contributed by atoms with E-state index in [1.54, 1.807) is 6.92 Å². The van der Waals surface area contributed by atoms with Gasteiger partial charge >= 0.3 is 5.97 Å². The van der Waals surface area contributed by atoms with Crippen LogP contribution in [0.3, 0.4) is 0 Å². The number of thioether (sulfide) groups is 1. The lowest BCUT2D eigenvalue weighted by Crippen LogP contribution is -2.10. The smallest absolute Gasteiger partial charge is 0.315 e. The molecule has 92 valence electrons. The number of carbonyl (C=O) groups is 2. The van der Waals surface area contributed by atoms with Crippen molar-refractivity contribution in [2.75, 3.05) is 18.1 Å². The third-order valence-electron chi connectivity index (χ3n) is 2.13. The van der Waals surface area contributed by atoms with Crippen molar-refractivity contribution in [2.24, 2.45) is 0 Å². The van der Waals surface area contributed by atoms with Gasteiger partial charge in [0, 0.05) is 5.56 Å². The molecule has 0 spiro atoms. The molecule has 0 saturated heterocycles. The fourth-order valence-electron chi connectivity index (χ4n) is 1.25. The zero-order chi connectivity index (χ0) is 12.7. The molecule has 0 radical (unpaired) electrons. The Morgan fingerprint density at radius 3 is 2.41 bits per heavy atom. The summed E-state index contributed by atoms with van der Waals surface area (Å²) in [5.41, 5.74) is 1.81. The average Bonchev–Trinajstić information content (AvgIpc) is 2.30. The van der Waals surface area contributed by atoms with Crippen LogP contribution >= 0.6 is 11.8 Å². The summed E-state index contributed by atoms with van der Waals surface area (Å²) in [5.74, 6) is 0.307. The molecule has 0 atom stereocenters. The van der Waals surface area contributed by atoms with Crippen LogP contribution in [0.25, 0.3) is 0 Å². The van der Waals surface area contributed by atoms with E-state index in [1.807, 2.05) is 31.2 Å². The lowest BCUT2D eigenvalue weighted by atomic mass is 10.1. The number of esters is 1. The van der Waals surface area contributed by atoms with E-state index in [-0.39, 0.29) is 17.5 Å². The van der Waals surface area contributed by atoms with Crippen LogP contribution in [-0.2, 0) is 9.53 Å². The van der Waals surface area contributed by atoms with Gasteiger partial charge in [0.25, 0.3) is 0 Å². The Hall–Kier alpha value is -1.29. The second kappa shape index (κ2) is 7.12. The Labute approximate surface area is 106 Å². The molecule has 0 aliphatic rings. The summed E-state index contributed by atoms with van der Waals surface area (Å²) in [5, 5.41) is 0. The highest BCUT2D eigenvalue weighted by Crippen LogP contribution is 2.09. The van der Waals surface area contributed by atoms with Crippen LogP contribution in [0.2, 0.25) is 0 Å². The zero-order valence-corrected chi connectivity index (χ0v) is 10.9. The number of hydrogen-bond acceptors (Lipinski definition) is 4. The van der Waals surface area contributed by atoms with Gasteiger partial charge < -0.3 is 4.74 Å². The van der Waals surface area contributed by atoms with E-state index in [1.165, 1.54) is 11.8 Å². The van der Waals surface area contributed by atoms with Crippen molar-refractivity contribution in [1.82, 2.24) is 0 Å². The predicted octanol–water partition coefficient (Wildman–Crippen LogP) is 2.47. The summed E-state index contributed by atoms with van der Waals surface area (Å²) >= 11 is 1.28. The Kier molecular flexibility index (Phi) is 5.77. The van der Waals surface area contributed by atoms with Crippen LogP contribution in [0.5, 0.6) is 0 Å². The lowest BCUT2D eigenvalue weighted by Gasteiger charge is -2.02. The van der Waals surface area contributed by atoms with Gasteiger partial charge in [-0.1, -0.05) is 29.8 Å². The first-order valence-corrected chi connectivity index (χ1v) is 6.62. The first kappa shape index (κ1) is 13.8. The highest BCUT2D eigenvalue weighted by Gasteiger charge is 2.08. The minimum Gasteiger partial charge on any atom is -0.465 e. The van der Waals surface area contributed by atoms with Crippen LogP contribution in [0, 0.1) is 6.92 Å². The van der Waals surface area contributed by atoms with Crippen LogP contribution in [0.1, 0.15) is 22.8 Å². The number of benzene rings is 1. The summed E-state index contributed by atoms with van der Waals surface area (Å²) in [6.45, 7) is 4.12. The summed E-state index contributed by atoms with van der Waals surface area (Å²) in [6, 6.07) is 7.43. The number of ether oxygens (including phenoxy) is 1. The van der Waals surface area contributed by atoms with Gasteiger partial charge in [-0.25, -0.2) is 0 Å². The molecule has 0 fully saturated rings. The summed E-state index contributed by atoms with van der Waals surface area (Å²) < 4.78 is 4.77. The van der Waals surface area contributed by atoms with Crippen LogP contribution in [0.4, 0.5) is 0 Å². The highest BCUT2D eigenvalue weighted by molar-refractivity contribution is 8.00. The number of hydrogen-bond donors (Lipinski definition) is 0. The second-order valence-electron chi connectivity index (χ2n) is 3.59. The van der Waals surface area contributed by atoms with E-state index >= 15 is 0 Å². The highest BCUT2D eigenvalue weighted by atomic mass is 32.2. The molecule has 0 N–H and O–H groups in total. The Balaban J connectivity index is 2.35. The van der Waals surface area contributed by atoms with Gasteiger partial charge in [0.05, 0.1) is 18.1 Å². The maximum atomic E-state index is 11.7. The van der Waals surface area contributed by atoms with Gasteiger partial charge in [-0.05, 0) is 13.8 Å². The van der Waals surface area contributed by atoms with Crippen molar-refractivity contribution in [3.05, 3.63) is 35.4 Å². The van der Waals surface area contributed by atoms with Crippen molar-refractivity contribution in [1.29, 1.82) is 0 Å². The molecule has 0 unspecified atom stereocenters. The first-order valence-electron chi connectivity index (χ1n) is 5.46. The molecule has 0 aliphatic heterocycles. The molecular weight excluding hydrogens is 236 g/mol. The monoisotopic (exact) mass is 252 g/mol.